The maximum Gasteiger partial charge on any atom is 0.310 e. The molecule has 148 valence electrons. The Morgan fingerprint density at radius 3 is 2.07 bits per heavy atom. The molecule has 1 atom stereocenters. The Balaban J connectivity index is 1.47. The fraction of sp³-hybridized carbons (Fsp3) is 0.640. The normalized spacial score (nSPS) is 29.8. The van der Waals surface area contributed by atoms with Crippen molar-refractivity contribution in [3.8, 4) is 0 Å². The molecule has 27 heavy (non-hydrogen) atoms. The van der Waals surface area contributed by atoms with Gasteiger partial charge in [0.15, 0.2) is 0 Å². The van der Waals surface area contributed by atoms with Gasteiger partial charge in [0, 0.05) is 0 Å². The number of hydrogen-bond donors (Lipinski definition) is 1. The zero-order valence-corrected chi connectivity index (χ0v) is 16.9. The van der Waals surface area contributed by atoms with Crippen LogP contribution in [0.25, 0.3) is 0 Å². The third-order valence-corrected chi connectivity index (χ3v) is 7.29. The molecule has 2 nitrogen and oxygen atoms in total. The maximum atomic E-state index is 11.4. The highest BCUT2D eigenvalue weighted by Gasteiger charge is 2.34. The Hall–Kier alpha value is -1.57. The van der Waals surface area contributed by atoms with Gasteiger partial charge in [0.1, 0.15) is 0 Å². The first-order valence-corrected chi connectivity index (χ1v) is 11.1. The van der Waals surface area contributed by atoms with Gasteiger partial charge in [-0.25, -0.2) is 0 Å². The second-order valence-corrected chi connectivity index (χ2v) is 8.88. The molecule has 0 heterocycles. The predicted molar refractivity (Wildman–Crippen MR) is 112 cm³/mol. The van der Waals surface area contributed by atoms with Crippen molar-refractivity contribution in [3.63, 3.8) is 0 Å². The Kier molecular flexibility index (Phi) is 7.15. The Morgan fingerprint density at radius 2 is 1.59 bits per heavy atom. The minimum absolute atomic E-state index is 0.300. The molecule has 0 spiro atoms. The molecule has 3 rings (SSSR count). The molecule has 0 bridgehead atoms. The number of rotatable bonds is 7. The first-order chi connectivity index (χ1) is 13.1. The zero-order chi connectivity index (χ0) is 19.2. The summed E-state index contributed by atoms with van der Waals surface area (Å²) in [4.78, 5) is 11.4. The van der Waals surface area contributed by atoms with Gasteiger partial charge in [0.25, 0.3) is 0 Å². The zero-order valence-electron chi connectivity index (χ0n) is 16.9. The molecule has 2 saturated carbocycles. The molecule has 2 aliphatic carbocycles. The number of hydrogen-bond acceptors (Lipinski definition) is 1. The van der Waals surface area contributed by atoms with E-state index >= 15 is 0 Å². The van der Waals surface area contributed by atoms with Gasteiger partial charge in [-0.15, -0.1) is 6.58 Å². The Morgan fingerprint density at radius 1 is 1.04 bits per heavy atom. The fourth-order valence-corrected chi connectivity index (χ4v) is 5.64. The third-order valence-electron chi connectivity index (χ3n) is 7.29. The molecule has 0 saturated heterocycles. The standard InChI is InChI=1S/C25H36O2/c1-3-5-18-6-8-19(9-7-18)20-10-12-21(13-11-20)22-14-16-23(17-15-22)24(4-2)25(26)27/h4,6-9,20-24H,2-3,5,10-17H2,1H3,(H,26,27)/t20-,21-,22?,23?,24?. The van der Waals surface area contributed by atoms with Crippen LogP contribution >= 0.6 is 0 Å². The van der Waals surface area contributed by atoms with E-state index < -0.39 is 5.97 Å². The topological polar surface area (TPSA) is 37.3 Å². The van der Waals surface area contributed by atoms with Crippen molar-refractivity contribution in [3.05, 3.63) is 48.0 Å². The molecular formula is C25H36O2. The van der Waals surface area contributed by atoms with Gasteiger partial charge in [-0.05, 0) is 92.6 Å². The van der Waals surface area contributed by atoms with Crippen molar-refractivity contribution >= 4 is 5.97 Å². The Bertz CT molecular complexity index is 602. The molecule has 0 aliphatic heterocycles. The van der Waals surface area contributed by atoms with Crippen molar-refractivity contribution in [2.24, 2.45) is 23.7 Å². The molecule has 1 N–H and O–H groups in total. The van der Waals surface area contributed by atoms with E-state index in [0.717, 1.165) is 30.6 Å². The summed E-state index contributed by atoms with van der Waals surface area (Å²) in [5.74, 6) is 1.66. The van der Waals surface area contributed by atoms with Crippen molar-refractivity contribution in [1.82, 2.24) is 0 Å². The molecule has 2 fully saturated rings. The van der Waals surface area contributed by atoms with Gasteiger partial charge >= 0.3 is 5.97 Å². The van der Waals surface area contributed by atoms with E-state index in [4.69, 9.17) is 0 Å². The summed E-state index contributed by atoms with van der Waals surface area (Å²) < 4.78 is 0. The summed E-state index contributed by atoms with van der Waals surface area (Å²) in [5, 5.41) is 9.35. The summed E-state index contributed by atoms with van der Waals surface area (Å²) >= 11 is 0. The highest BCUT2D eigenvalue weighted by Crippen LogP contribution is 2.45. The summed E-state index contributed by atoms with van der Waals surface area (Å²) in [5.41, 5.74) is 3.00. The molecule has 1 unspecified atom stereocenters. The second-order valence-electron chi connectivity index (χ2n) is 8.88. The van der Waals surface area contributed by atoms with Crippen molar-refractivity contribution < 1.29 is 9.90 Å². The molecule has 2 aliphatic rings. The number of carboxylic acid groups (broad SMARTS) is 1. The van der Waals surface area contributed by atoms with Gasteiger partial charge in [-0.2, -0.15) is 0 Å². The van der Waals surface area contributed by atoms with E-state index in [9.17, 15) is 9.90 Å². The van der Waals surface area contributed by atoms with Crippen LogP contribution in [-0.2, 0) is 11.2 Å². The van der Waals surface area contributed by atoms with Crippen LogP contribution in [0.4, 0.5) is 0 Å². The van der Waals surface area contributed by atoms with Crippen LogP contribution < -0.4 is 0 Å². The molecular weight excluding hydrogens is 332 g/mol. The molecule has 1 aromatic rings. The van der Waals surface area contributed by atoms with Crippen molar-refractivity contribution in [2.45, 2.75) is 77.0 Å². The van der Waals surface area contributed by atoms with Gasteiger partial charge in [-0.3, -0.25) is 4.79 Å². The van der Waals surface area contributed by atoms with Crippen LogP contribution in [-0.4, -0.2) is 11.1 Å². The van der Waals surface area contributed by atoms with Crippen molar-refractivity contribution in [2.75, 3.05) is 0 Å². The largest absolute Gasteiger partial charge is 0.481 e. The molecule has 1 aromatic carbocycles. The minimum atomic E-state index is -0.695. The van der Waals surface area contributed by atoms with Crippen LogP contribution in [0, 0.1) is 23.7 Å². The van der Waals surface area contributed by atoms with Crippen LogP contribution in [0.2, 0.25) is 0 Å². The second kappa shape index (κ2) is 9.57. The summed E-state index contributed by atoms with van der Waals surface area (Å²) in [6.07, 6.45) is 13.9. The number of aliphatic carboxylic acids is 1. The van der Waals surface area contributed by atoms with Crippen LogP contribution in [0.15, 0.2) is 36.9 Å². The lowest BCUT2D eigenvalue weighted by Gasteiger charge is -2.38. The van der Waals surface area contributed by atoms with E-state index in [1.54, 1.807) is 6.08 Å². The summed E-state index contributed by atoms with van der Waals surface area (Å²) in [6, 6.07) is 9.38. The molecule has 0 aromatic heterocycles. The smallest absolute Gasteiger partial charge is 0.310 e. The average molecular weight is 369 g/mol. The van der Waals surface area contributed by atoms with Crippen LogP contribution in [0.3, 0.4) is 0 Å². The highest BCUT2D eigenvalue weighted by molar-refractivity contribution is 5.72. The lowest BCUT2D eigenvalue weighted by atomic mass is 9.67. The predicted octanol–water partition coefficient (Wildman–Crippen LogP) is 6.61. The number of benzene rings is 1. The monoisotopic (exact) mass is 368 g/mol. The summed E-state index contributed by atoms with van der Waals surface area (Å²) in [6.45, 7) is 5.98. The molecule has 2 heteroatoms. The quantitative estimate of drug-likeness (QED) is 0.550. The maximum absolute atomic E-state index is 11.4. The van der Waals surface area contributed by atoms with E-state index in [-0.39, 0.29) is 5.92 Å². The van der Waals surface area contributed by atoms with Crippen LogP contribution in [0.5, 0.6) is 0 Å². The van der Waals surface area contributed by atoms with Gasteiger partial charge < -0.3 is 5.11 Å². The summed E-state index contributed by atoms with van der Waals surface area (Å²) in [7, 11) is 0. The number of carbonyl (C=O) groups is 1. The first-order valence-electron chi connectivity index (χ1n) is 11.1. The molecule has 0 radical (unpaired) electrons. The fourth-order valence-electron chi connectivity index (χ4n) is 5.64. The number of aryl methyl sites for hydroxylation is 1. The van der Waals surface area contributed by atoms with E-state index in [0.29, 0.717) is 5.92 Å². The van der Waals surface area contributed by atoms with E-state index in [1.807, 2.05) is 0 Å². The highest BCUT2D eigenvalue weighted by atomic mass is 16.4. The number of carboxylic acids is 1. The van der Waals surface area contributed by atoms with Gasteiger partial charge in [0.2, 0.25) is 0 Å². The van der Waals surface area contributed by atoms with E-state index in [2.05, 4.69) is 37.8 Å². The molecule has 0 amide bonds. The van der Waals surface area contributed by atoms with Gasteiger partial charge in [-0.1, -0.05) is 43.7 Å². The van der Waals surface area contributed by atoms with Crippen LogP contribution in [0.1, 0.15) is 81.8 Å². The first kappa shape index (κ1) is 20.2. The minimum Gasteiger partial charge on any atom is -0.481 e. The lowest BCUT2D eigenvalue weighted by molar-refractivity contribution is -0.142. The SMILES string of the molecule is C=CC(C(=O)O)C1CCC([C@H]2CC[C@H](c3ccc(CCC)cc3)CC2)CC1. The van der Waals surface area contributed by atoms with E-state index in [1.165, 1.54) is 62.5 Å². The Labute approximate surface area is 165 Å². The van der Waals surface area contributed by atoms with Crippen molar-refractivity contribution in [1.29, 1.82) is 0 Å². The van der Waals surface area contributed by atoms with Gasteiger partial charge in [0.05, 0.1) is 5.92 Å². The average Bonchev–Trinajstić information content (AvgIpc) is 2.70. The lowest BCUT2D eigenvalue weighted by Crippen LogP contribution is -2.30. The third kappa shape index (κ3) is 5.03.